The fraction of sp³-hybridized carbons (Fsp3) is 0.111. The fourth-order valence-corrected chi connectivity index (χ4v) is 3.36. The van der Waals surface area contributed by atoms with E-state index in [-0.39, 0.29) is 5.91 Å². The van der Waals surface area contributed by atoms with Gasteiger partial charge in [0.15, 0.2) is 5.82 Å². The molecule has 124 valence electrons. The van der Waals surface area contributed by atoms with Gasteiger partial charge in [-0.2, -0.15) is 9.61 Å². The molecule has 6 nitrogen and oxygen atoms in total. The number of aryl methyl sites for hydroxylation is 1. The van der Waals surface area contributed by atoms with Crippen LogP contribution < -0.4 is 5.32 Å². The molecule has 25 heavy (non-hydrogen) atoms. The third kappa shape index (κ3) is 3.14. The van der Waals surface area contributed by atoms with E-state index in [2.05, 4.69) is 20.6 Å². The van der Waals surface area contributed by atoms with E-state index in [1.807, 2.05) is 49.4 Å². The number of hydrogen-bond donors (Lipinski definition) is 1. The zero-order valence-corrected chi connectivity index (χ0v) is 14.3. The number of nitrogens with zero attached hydrogens (tertiary/aromatic N) is 4. The van der Waals surface area contributed by atoms with Crippen LogP contribution in [0.1, 0.15) is 21.7 Å². The van der Waals surface area contributed by atoms with Crippen LogP contribution in [0.5, 0.6) is 0 Å². The first kappa shape index (κ1) is 15.5. The first-order valence-electron chi connectivity index (χ1n) is 7.82. The first-order chi connectivity index (χ1) is 12.2. The highest BCUT2D eigenvalue weighted by Crippen LogP contribution is 2.25. The van der Waals surface area contributed by atoms with Gasteiger partial charge in [-0.1, -0.05) is 53.8 Å². The van der Waals surface area contributed by atoms with Crippen molar-refractivity contribution in [2.45, 2.75) is 13.5 Å². The summed E-state index contributed by atoms with van der Waals surface area (Å²) in [5.41, 5.74) is 2.72. The Kier molecular flexibility index (Phi) is 3.99. The van der Waals surface area contributed by atoms with E-state index >= 15 is 0 Å². The van der Waals surface area contributed by atoms with E-state index in [4.69, 9.17) is 0 Å². The topological polar surface area (TPSA) is 72.2 Å². The number of carbonyl (C=O) groups excluding carboxylic acids is 1. The van der Waals surface area contributed by atoms with E-state index in [0.717, 1.165) is 26.9 Å². The van der Waals surface area contributed by atoms with E-state index in [1.165, 1.54) is 11.3 Å². The van der Waals surface area contributed by atoms with Gasteiger partial charge >= 0.3 is 0 Å². The lowest BCUT2D eigenvalue weighted by Gasteiger charge is -2.06. The maximum absolute atomic E-state index is 12.1. The summed E-state index contributed by atoms with van der Waals surface area (Å²) in [5.74, 6) is 0.701. The van der Waals surface area contributed by atoms with Crippen molar-refractivity contribution in [3.8, 4) is 10.6 Å². The standard InChI is InChI=1S/C18H15N5OS/c1-12-20-21-18-23(12)22-17(25-18)15-9-7-13(8-10-15)11-19-16(24)14-5-3-2-4-6-14/h2-10H,11H2,1H3,(H,19,24). The van der Waals surface area contributed by atoms with Crippen molar-refractivity contribution in [1.29, 1.82) is 0 Å². The molecule has 0 aliphatic carbocycles. The largest absolute Gasteiger partial charge is 0.348 e. The van der Waals surface area contributed by atoms with E-state index in [9.17, 15) is 4.79 Å². The molecule has 2 aromatic carbocycles. The second-order valence-electron chi connectivity index (χ2n) is 5.59. The molecule has 0 bridgehead atoms. The van der Waals surface area contributed by atoms with Gasteiger partial charge in [0.25, 0.3) is 5.91 Å². The summed E-state index contributed by atoms with van der Waals surface area (Å²) >= 11 is 1.50. The van der Waals surface area contributed by atoms with E-state index in [0.29, 0.717) is 12.1 Å². The zero-order valence-electron chi connectivity index (χ0n) is 13.5. The Morgan fingerprint density at radius 2 is 1.84 bits per heavy atom. The summed E-state index contributed by atoms with van der Waals surface area (Å²) in [5, 5.41) is 16.4. The number of carbonyl (C=O) groups is 1. The highest BCUT2D eigenvalue weighted by Gasteiger charge is 2.10. The Morgan fingerprint density at radius 3 is 2.56 bits per heavy atom. The number of hydrogen-bond acceptors (Lipinski definition) is 5. The van der Waals surface area contributed by atoms with Gasteiger partial charge in [-0.3, -0.25) is 4.79 Å². The molecule has 0 aliphatic rings. The van der Waals surface area contributed by atoms with Gasteiger partial charge in [0.05, 0.1) is 0 Å². The molecular weight excluding hydrogens is 334 g/mol. The Bertz CT molecular complexity index is 1020. The maximum Gasteiger partial charge on any atom is 0.251 e. The van der Waals surface area contributed by atoms with Gasteiger partial charge in [-0.15, -0.1) is 10.2 Å². The number of nitrogens with one attached hydrogen (secondary N) is 1. The Labute approximate surface area is 148 Å². The quantitative estimate of drug-likeness (QED) is 0.614. The van der Waals surface area contributed by atoms with Crippen molar-refractivity contribution in [3.63, 3.8) is 0 Å². The van der Waals surface area contributed by atoms with Gasteiger partial charge in [-0.25, -0.2) is 0 Å². The lowest BCUT2D eigenvalue weighted by Crippen LogP contribution is -2.22. The molecule has 0 radical (unpaired) electrons. The molecule has 0 aliphatic heterocycles. The molecule has 2 aromatic heterocycles. The molecule has 0 atom stereocenters. The van der Waals surface area contributed by atoms with Crippen molar-refractivity contribution < 1.29 is 4.79 Å². The molecule has 4 rings (SSSR count). The van der Waals surface area contributed by atoms with Crippen molar-refractivity contribution in [1.82, 2.24) is 25.1 Å². The van der Waals surface area contributed by atoms with Crippen LogP contribution in [0.3, 0.4) is 0 Å². The lowest BCUT2D eigenvalue weighted by molar-refractivity contribution is 0.0951. The number of amides is 1. The SMILES string of the molecule is Cc1nnc2sc(-c3ccc(CNC(=O)c4ccccc4)cc3)nn12. The van der Waals surface area contributed by atoms with Crippen LogP contribution in [0, 0.1) is 6.92 Å². The van der Waals surface area contributed by atoms with Crippen molar-refractivity contribution in [3.05, 3.63) is 71.5 Å². The van der Waals surface area contributed by atoms with Crippen LogP contribution in [-0.4, -0.2) is 25.7 Å². The van der Waals surface area contributed by atoms with E-state index in [1.54, 1.807) is 16.6 Å². The van der Waals surface area contributed by atoms with Crippen LogP contribution in [0.4, 0.5) is 0 Å². The number of fused-ring (bicyclic) bond motifs is 1. The predicted molar refractivity (Wildman–Crippen MR) is 96.4 cm³/mol. The molecular formula is C18H15N5OS. The highest BCUT2D eigenvalue weighted by atomic mass is 32.1. The second-order valence-corrected chi connectivity index (χ2v) is 6.55. The normalized spacial score (nSPS) is 10.9. The van der Waals surface area contributed by atoms with Crippen molar-refractivity contribution >= 4 is 22.2 Å². The molecule has 0 saturated heterocycles. The van der Waals surface area contributed by atoms with Crippen LogP contribution in [0.15, 0.2) is 54.6 Å². The smallest absolute Gasteiger partial charge is 0.251 e. The highest BCUT2D eigenvalue weighted by molar-refractivity contribution is 7.19. The van der Waals surface area contributed by atoms with Crippen LogP contribution in [-0.2, 0) is 6.54 Å². The maximum atomic E-state index is 12.1. The van der Waals surface area contributed by atoms with Gasteiger partial charge in [0.2, 0.25) is 4.96 Å². The van der Waals surface area contributed by atoms with Crippen molar-refractivity contribution in [2.24, 2.45) is 0 Å². The molecule has 0 unspecified atom stereocenters. The molecule has 2 heterocycles. The summed E-state index contributed by atoms with van der Waals surface area (Å²) in [6.07, 6.45) is 0. The number of aromatic nitrogens is 4. The summed E-state index contributed by atoms with van der Waals surface area (Å²) in [7, 11) is 0. The molecule has 0 fully saturated rings. The third-order valence-corrected chi connectivity index (χ3v) is 4.78. The van der Waals surface area contributed by atoms with Gasteiger partial charge in [0.1, 0.15) is 5.01 Å². The average Bonchev–Trinajstić information content (AvgIpc) is 3.23. The summed E-state index contributed by atoms with van der Waals surface area (Å²) in [6.45, 7) is 2.36. The summed E-state index contributed by atoms with van der Waals surface area (Å²) in [4.78, 5) is 12.9. The Hall–Kier alpha value is -3.06. The lowest BCUT2D eigenvalue weighted by atomic mass is 10.1. The van der Waals surface area contributed by atoms with Crippen molar-refractivity contribution in [2.75, 3.05) is 0 Å². The van der Waals surface area contributed by atoms with Gasteiger partial charge < -0.3 is 5.32 Å². The fourth-order valence-electron chi connectivity index (χ4n) is 2.47. The third-order valence-electron chi connectivity index (χ3n) is 3.84. The van der Waals surface area contributed by atoms with Gasteiger partial charge in [-0.05, 0) is 24.6 Å². The molecule has 0 spiro atoms. The van der Waals surface area contributed by atoms with Crippen LogP contribution in [0.25, 0.3) is 15.5 Å². The summed E-state index contributed by atoms with van der Waals surface area (Å²) < 4.78 is 1.74. The Balaban J connectivity index is 1.45. The van der Waals surface area contributed by atoms with Crippen LogP contribution in [0.2, 0.25) is 0 Å². The van der Waals surface area contributed by atoms with Gasteiger partial charge in [0, 0.05) is 17.7 Å². The number of benzene rings is 2. The molecule has 1 amide bonds. The molecule has 1 N–H and O–H groups in total. The van der Waals surface area contributed by atoms with Crippen LogP contribution >= 0.6 is 11.3 Å². The number of rotatable bonds is 4. The second kappa shape index (κ2) is 6.45. The average molecular weight is 349 g/mol. The molecule has 0 saturated carbocycles. The molecule has 4 aromatic rings. The zero-order chi connectivity index (χ0) is 17.2. The minimum Gasteiger partial charge on any atom is -0.348 e. The monoisotopic (exact) mass is 349 g/mol. The first-order valence-corrected chi connectivity index (χ1v) is 8.64. The van der Waals surface area contributed by atoms with E-state index < -0.39 is 0 Å². The predicted octanol–water partition coefficient (Wildman–Crippen LogP) is 3.09. The summed E-state index contributed by atoms with van der Waals surface area (Å²) in [6, 6.07) is 17.2. The minimum atomic E-state index is -0.0752. The minimum absolute atomic E-state index is 0.0752. The molecule has 7 heteroatoms. The Morgan fingerprint density at radius 1 is 1.08 bits per heavy atom.